The molecule has 28 heavy (non-hydrogen) atoms. The molecule has 3 atom stereocenters. The molecule has 3 heterocycles. The second kappa shape index (κ2) is 8.09. The van der Waals surface area contributed by atoms with Crippen molar-refractivity contribution in [2.75, 3.05) is 6.54 Å². The molecule has 2 saturated heterocycles. The van der Waals surface area contributed by atoms with Gasteiger partial charge in [-0.2, -0.15) is 0 Å². The van der Waals surface area contributed by atoms with Gasteiger partial charge in [0.2, 0.25) is 17.7 Å². The zero-order chi connectivity index (χ0) is 20.3. The van der Waals surface area contributed by atoms with Crippen LogP contribution >= 0.6 is 0 Å². The third-order valence-electron chi connectivity index (χ3n) is 5.55. The molecule has 1 unspecified atom stereocenters. The number of hydrogen-bond donors (Lipinski definition) is 4. The number of likely N-dealkylation sites (tertiary alicyclic amines) is 1. The van der Waals surface area contributed by atoms with E-state index in [4.69, 9.17) is 11.5 Å². The van der Waals surface area contributed by atoms with Gasteiger partial charge in [0, 0.05) is 31.3 Å². The van der Waals surface area contributed by atoms with Crippen molar-refractivity contribution in [1.82, 2.24) is 20.2 Å². The molecule has 0 radical (unpaired) electrons. The predicted molar refractivity (Wildman–Crippen MR) is 98.5 cm³/mol. The molecule has 2 aliphatic heterocycles. The van der Waals surface area contributed by atoms with Crippen LogP contribution in [0.5, 0.6) is 0 Å². The maximum absolute atomic E-state index is 13.4. The molecule has 1 aromatic heterocycles. The molecule has 2 fully saturated rings. The van der Waals surface area contributed by atoms with Crippen molar-refractivity contribution in [3.05, 3.63) is 18.2 Å². The van der Waals surface area contributed by atoms with Crippen molar-refractivity contribution in [3.63, 3.8) is 0 Å². The Morgan fingerprint density at radius 1 is 1.36 bits per heavy atom. The Hall–Kier alpha value is -2.75. The van der Waals surface area contributed by atoms with E-state index < -0.39 is 29.4 Å². The molecular weight excluding hydrogens is 364 g/mol. The Kier molecular flexibility index (Phi) is 5.78. The van der Waals surface area contributed by atoms with E-state index in [1.807, 2.05) is 0 Å². The number of carbonyl (C=O) groups excluding carboxylic acids is 4. The van der Waals surface area contributed by atoms with E-state index in [1.165, 1.54) is 11.2 Å². The van der Waals surface area contributed by atoms with Crippen LogP contribution in [-0.4, -0.2) is 62.5 Å². The zero-order valence-electron chi connectivity index (χ0n) is 15.6. The highest BCUT2D eigenvalue weighted by Gasteiger charge is 2.52. The summed E-state index contributed by atoms with van der Waals surface area (Å²) in [6.07, 6.45) is 5.33. The number of nitrogens with two attached hydrogens (primary N) is 2. The normalized spacial score (nSPS) is 26.0. The van der Waals surface area contributed by atoms with Gasteiger partial charge in [0.25, 0.3) is 0 Å². The molecule has 0 aliphatic carbocycles. The number of carbonyl (C=O) groups is 4. The van der Waals surface area contributed by atoms with Gasteiger partial charge < -0.3 is 26.7 Å². The van der Waals surface area contributed by atoms with Crippen LogP contribution in [-0.2, 0) is 25.6 Å². The topological polar surface area (TPSA) is 164 Å². The van der Waals surface area contributed by atoms with E-state index in [0.29, 0.717) is 37.9 Å². The average molecular weight is 390 g/mol. The second-order valence-electron chi connectivity index (χ2n) is 7.53. The summed E-state index contributed by atoms with van der Waals surface area (Å²) in [4.78, 5) is 58.3. The summed E-state index contributed by atoms with van der Waals surface area (Å²) in [6.45, 7) is 0.315. The Morgan fingerprint density at radius 3 is 2.75 bits per heavy atom. The predicted octanol–water partition coefficient (Wildman–Crippen LogP) is -1.25. The van der Waals surface area contributed by atoms with Crippen molar-refractivity contribution in [1.29, 1.82) is 0 Å². The fourth-order valence-electron chi connectivity index (χ4n) is 4.23. The molecule has 0 saturated carbocycles. The third-order valence-corrected chi connectivity index (χ3v) is 5.55. The summed E-state index contributed by atoms with van der Waals surface area (Å²) >= 11 is 0. The van der Waals surface area contributed by atoms with Gasteiger partial charge in [-0.3, -0.25) is 19.2 Å². The second-order valence-corrected chi connectivity index (χ2v) is 7.53. The number of piperidine rings is 1. The fraction of sp³-hybridized carbons (Fsp3) is 0.611. The Morgan fingerprint density at radius 2 is 2.14 bits per heavy atom. The van der Waals surface area contributed by atoms with E-state index in [0.717, 1.165) is 0 Å². The lowest BCUT2D eigenvalue weighted by atomic mass is 9.76. The molecule has 6 N–H and O–H groups in total. The molecule has 152 valence electrons. The van der Waals surface area contributed by atoms with Crippen molar-refractivity contribution in [3.8, 4) is 0 Å². The van der Waals surface area contributed by atoms with Crippen LogP contribution in [0.2, 0.25) is 0 Å². The first-order valence-corrected chi connectivity index (χ1v) is 9.50. The minimum absolute atomic E-state index is 0.211. The van der Waals surface area contributed by atoms with Gasteiger partial charge in [-0.1, -0.05) is 0 Å². The highest BCUT2D eigenvalue weighted by atomic mass is 16.2. The summed E-state index contributed by atoms with van der Waals surface area (Å²) in [6, 6.07) is -1.61. The van der Waals surface area contributed by atoms with E-state index in [2.05, 4.69) is 15.3 Å². The highest BCUT2D eigenvalue weighted by Crippen LogP contribution is 2.35. The number of amides is 3. The molecule has 10 nitrogen and oxygen atoms in total. The number of hydrogen-bond acceptors (Lipinski definition) is 6. The van der Waals surface area contributed by atoms with Crippen LogP contribution in [0.3, 0.4) is 0 Å². The number of nitrogens with one attached hydrogen (secondary N) is 2. The van der Waals surface area contributed by atoms with E-state index >= 15 is 0 Å². The van der Waals surface area contributed by atoms with Crippen molar-refractivity contribution in [2.45, 2.75) is 62.6 Å². The molecule has 0 bridgehead atoms. The van der Waals surface area contributed by atoms with E-state index in [-0.39, 0.29) is 31.0 Å². The van der Waals surface area contributed by atoms with Crippen LogP contribution in [0.1, 0.15) is 44.2 Å². The number of rotatable bonds is 7. The summed E-state index contributed by atoms with van der Waals surface area (Å²) in [5.74, 6) is -1.62. The number of Topliss-reactive ketones (excluding diaryl/α,β-unsaturated/α-hetero) is 1. The number of primary amides is 1. The highest BCUT2D eigenvalue weighted by molar-refractivity contribution is 6.03. The van der Waals surface area contributed by atoms with Crippen LogP contribution in [0, 0.1) is 0 Å². The monoisotopic (exact) mass is 390 g/mol. The first kappa shape index (κ1) is 20.0. The van der Waals surface area contributed by atoms with Gasteiger partial charge >= 0.3 is 0 Å². The SMILES string of the molecule is NC(=O)CC1(C(=O)[C@@H]2CCC(=O)N2)CCCCN1C(=O)[C@@H](N)Cc1cnc[nH]1. The van der Waals surface area contributed by atoms with Crippen LogP contribution < -0.4 is 16.8 Å². The molecule has 1 aromatic rings. The fourth-order valence-corrected chi connectivity index (χ4v) is 4.23. The third kappa shape index (κ3) is 3.91. The molecular formula is C18H26N6O4. The Balaban J connectivity index is 1.88. The number of aromatic nitrogens is 2. The largest absolute Gasteiger partial charge is 0.370 e. The van der Waals surface area contributed by atoms with Gasteiger partial charge in [-0.15, -0.1) is 0 Å². The van der Waals surface area contributed by atoms with Gasteiger partial charge in [0.05, 0.1) is 24.8 Å². The summed E-state index contributed by atoms with van der Waals surface area (Å²) in [5.41, 5.74) is 10.9. The van der Waals surface area contributed by atoms with Crippen molar-refractivity contribution in [2.24, 2.45) is 11.5 Å². The Labute approximate surface area is 162 Å². The lowest BCUT2D eigenvalue weighted by Crippen LogP contribution is -2.66. The molecule has 10 heteroatoms. The standard InChI is InChI=1S/C18H26N6O4/c19-12(7-11-9-21-10-22-11)17(28)24-6-2-1-5-18(24,8-14(20)25)16(27)13-3-4-15(26)23-13/h9-10,12-13H,1-8,19H2,(H2,20,25)(H,21,22)(H,23,26)/t12-,13-,18?/m0/s1. The van der Waals surface area contributed by atoms with Crippen LogP contribution in [0.4, 0.5) is 0 Å². The molecule has 0 spiro atoms. The van der Waals surface area contributed by atoms with Gasteiger partial charge in [0.15, 0.2) is 5.78 Å². The first-order chi connectivity index (χ1) is 13.3. The molecule has 3 amide bonds. The number of imidazole rings is 1. The number of ketones is 1. The molecule has 0 aromatic carbocycles. The quantitative estimate of drug-likeness (QED) is 0.454. The average Bonchev–Trinajstić information content (AvgIpc) is 3.32. The summed E-state index contributed by atoms with van der Waals surface area (Å²) in [7, 11) is 0. The number of nitrogens with zero attached hydrogens (tertiary/aromatic N) is 2. The van der Waals surface area contributed by atoms with Crippen molar-refractivity contribution >= 4 is 23.5 Å². The number of H-pyrrole nitrogens is 1. The number of aromatic amines is 1. The van der Waals surface area contributed by atoms with Crippen LogP contribution in [0.25, 0.3) is 0 Å². The zero-order valence-corrected chi connectivity index (χ0v) is 15.6. The van der Waals surface area contributed by atoms with Gasteiger partial charge in [0.1, 0.15) is 5.54 Å². The van der Waals surface area contributed by atoms with Crippen LogP contribution in [0.15, 0.2) is 12.5 Å². The maximum Gasteiger partial charge on any atom is 0.240 e. The first-order valence-electron chi connectivity index (χ1n) is 9.50. The Bertz CT molecular complexity index is 764. The minimum atomic E-state index is -1.37. The summed E-state index contributed by atoms with van der Waals surface area (Å²) in [5, 5.41) is 2.65. The smallest absolute Gasteiger partial charge is 0.240 e. The lowest BCUT2D eigenvalue weighted by molar-refractivity contribution is -0.154. The lowest BCUT2D eigenvalue weighted by Gasteiger charge is -2.47. The van der Waals surface area contributed by atoms with E-state index in [9.17, 15) is 19.2 Å². The van der Waals surface area contributed by atoms with E-state index in [1.54, 1.807) is 6.20 Å². The van der Waals surface area contributed by atoms with Crippen molar-refractivity contribution < 1.29 is 19.2 Å². The van der Waals surface area contributed by atoms with Gasteiger partial charge in [-0.25, -0.2) is 4.98 Å². The molecule has 2 aliphatic rings. The maximum atomic E-state index is 13.4. The summed E-state index contributed by atoms with van der Waals surface area (Å²) < 4.78 is 0. The minimum Gasteiger partial charge on any atom is -0.370 e. The van der Waals surface area contributed by atoms with Gasteiger partial charge in [-0.05, 0) is 25.7 Å². The molecule has 3 rings (SSSR count).